The van der Waals surface area contributed by atoms with E-state index in [1.54, 1.807) is 0 Å². The molecule has 0 radical (unpaired) electrons. The Morgan fingerprint density at radius 1 is 1.03 bits per heavy atom. The molecule has 2 heterocycles. The van der Waals surface area contributed by atoms with Crippen molar-refractivity contribution >= 4 is 23.3 Å². The van der Waals surface area contributed by atoms with Gasteiger partial charge in [0, 0.05) is 50.7 Å². The molecule has 1 aromatic carbocycles. The Balaban J connectivity index is 1.17. The van der Waals surface area contributed by atoms with Crippen LogP contribution in [0.25, 0.3) is 0 Å². The number of amidine groups is 1. The van der Waals surface area contributed by atoms with Crippen molar-refractivity contribution in [3.63, 3.8) is 0 Å². The van der Waals surface area contributed by atoms with E-state index in [1.165, 1.54) is 18.5 Å². The molecular weight excluding hydrogens is 388 g/mol. The van der Waals surface area contributed by atoms with E-state index >= 15 is 0 Å². The van der Waals surface area contributed by atoms with E-state index in [4.69, 9.17) is 4.99 Å². The van der Waals surface area contributed by atoms with Crippen molar-refractivity contribution < 1.29 is 9.59 Å². The van der Waals surface area contributed by atoms with E-state index in [2.05, 4.69) is 36.1 Å². The van der Waals surface area contributed by atoms with Gasteiger partial charge in [-0.2, -0.15) is 0 Å². The van der Waals surface area contributed by atoms with Crippen LogP contribution in [0.2, 0.25) is 0 Å². The smallest absolute Gasteiger partial charge is 0.255 e. The summed E-state index contributed by atoms with van der Waals surface area (Å²) < 4.78 is 0. The molecule has 0 aromatic heterocycles. The van der Waals surface area contributed by atoms with E-state index in [-0.39, 0.29) is 17.7 Å². The first-order chi connectivity index (χ1) is 15.1. The second kappa shape index (κ2) is 8.29. The van der Waals surface area contributed by atoms with E-state index < -0.39 is 5.54 Å². The maximum Gasteiger partial charge on any atom is 0.255 e. The van der Waals surface area contributed by atoms with E-state index in [0.29, 0.717) is 5.92 Å². The molecule has 3 fully saturated rings. The summed E-state index contributed by atoms with van der Waals surface area (Å²) >= 11 is 0. The molecule has 0 atom stereocenters. The third kappa shape index (κ3) is 3.97. The number of carbonyl (C=O) groups is 2. The molecule has 0 N–H and O–H groups in total. The summed E-state index contributed by atoms with van der Waals surface area (Å²) in [6.45, 7) is 6.26. The number of anilines is 1. The molecule has 2 amide bonds. The van der Waals surface area contributed by atoms with Gasteiger partial charge in [0.05, 0.1) is 0 Å². The van der Waals surface area contributed by atoms with Gasteiger partial charge in [0.1, 0.15) is 11.4 Å². The topological polar surface area (TPSA) is 56.2 Å². The molecule has 1 saturated heterocycles. The highest BCUT2D eigenvalue weighted by Gasteiger charge is 2.51. The molecule has 2 aliphatic carbocycles. The largest absolute Gasteiger partial charge is 0.368 e. The first-order valence-electron chi connectivity index (χ1n) is 12.1. The maximum atomic E-state index is 13.3. The van der Waals surface area contributed by atoms with Crippen LogP contribution >= 0.6 is 0 Å². The summed E-state index contributed by atoms with van der Waals surface area (Å²) in [6, 6.07) is 10.4. The monoisotopic (exact) mass is 422 g/mol. The minimum absolute atomic E-state index is 0.0412. The van der Waals surface area contributed by atoms with Gasteiger partial charge >= 0.3 is 0 Å². The number of nitrogens with zero attached hydrogens (tertiary/aromatic N) is 4. The number of piperazine rings is 1. The number of hydrogen-bond acceptors (Lipinski definition) is 4. The molecule has 2 saturated carbocycles. The van der Waals surface area contributed by atoms with Crippen molar-refractivity contribution in [1.29, 1.82) is 0 Å². The third-order valence-corrected chi connectivity index (χ3v) is 7.63. The second-order valence-corrected chi connectivity index (χ2v) is 9.69. The Kier molecular flexibility index (Phi) is 5.49. The predicted molar refractivity (Wildman–Crippen MR) is 122 cm³/mol. The Hall–Kier alpha value is -2.37. The Bertz CT molecular complexity index is 848. The quantitative estimate of drug-likeness (QED) is 0.731. The standard InChI is InChI=1S/C25H34N4O2/c1-2-22-26-25(24(31)29(22)18-19-8-9-19)12-10-20(11-13-25)23(30)28-16-14-27(15-17-28)21-6-4-3-5-7-21/h3-7,19-20H,2,8-18H2,1H3. The van der Waals surface area contributed by atoms with Gasteiger partial charge in [-0.05, 0) is 56.6 Å². The fraction of sp³-hybridized carbons (Fsp3) is 0.640. The number of hydrogen-bond donors (Lipinski definition) is 0. The molecule has 0 bridgehead atoms. The summed E-state index contributed by atoms with van der Waals surface area (Å²) in [4.78, 5) is 37.8. The zero-order valence-corrected chi connectivity index (χ0v) is 18.6. The van der Waals surface area contributed by atoms with E-state index in [0.717, 1.165) is 70.7 Å². The molecule has 5 rings (SSSR count). The number of benzene rings is 1. The normalized spacial score (nSPS) is 28.9. The highest BCUT2D eigenvalue weighted by molar-refractivity contribution is 6.08. The van der Waals surface area contributed by atoms with E-state index in [1.807, 2.05) is 15.9 Å². The zero-order chi connectivity index (χ0) is 21.4. The van der Waals surface area contributed by atoms with Gasteiger partial charge in [0.25, 0.3) is 5.91 Å². The van der Waals surface area contributed by atoms with Crippen molar-refractivity contribution in [3.05, 3.63) is 30.3 Å². The molecule has 1 aromatic rings. The minimum atomic E-state index is -0.580. The van der Waals surface area contributed by atoms with Gasteiger partial charge < -0.3 is 9.80 Å². The molecule has 6 heteroatoms. The third-order valence-electron chi connectivity index (χ3n) is 7.63. The summed E-state index contributed by atoms with van der Waals surface area (Å²) in [6.07, 6.45) is 6.29. The second-order valence-electron chi connectivity index (χ2n) is 9.69. The van der Waals surface area contributed by atoms with Crippen LogP contribution in [-0.4, -0.2) is 65.7 Å². The van der Waals surface area contributed by atoms with Crippen molar-refractivity contribution in [1.82, 2.24) is 9.80 Å². The van der Waals surface area contributed by atoms with E-state index in [9.17, 15) is 9.59 Å². The number of para-hydroxylation sites is 1. The SMILES string of the molecule is CCC1=NC2(CCC(C(=O)N3CCN(c4ccccc4)CC3)CC2)C(=O)N1CC1CC1. The van der Waals surface area contributed by atoms with Gasteiger partial charge in [0.2, 0.25) is 5.91 Å². The van der Waals surface area contributed by atoms with Crippen LogP contribution in [-0.2, 0) is 9.59 Å². The highest BCUT2D eigenvalue weighted by Crippen LogP contribution is 2.42. The molecule has 0 unspecified atom stereocenters. The van der Waals surface area contributed by atoms with Gasteiger partial charge in [-0.3, -0.25) is 19.5 Å². The number of amides is 2. The fourth-order valence-corrected chi connectivity index (χ4v) is 5.49. The van der Waals surface area contributed by atoms with Crippen LogP contribution in [0.4, 0.5) is 5.69 Å². The first kappa shape index (κ1) is 20.5. The summed E-state index contributed by atoms with van der Waals surface area (Å²) in [7, 11) is 0. The molecule has 2 aliphatic heterocycles. The van der Waals surface area contributed by atoms with Crippen LogP contribution in [0.3, 0.4) is 0 Å². The lowest BCUT2D eigenvalue weighted by molar-refractivity contribution is -0.140. The summed E-state index contributed by atoms with van der Waals surface area (Å²) in [5.41, 5.74) is 0.650. The molecule has 1 spiro atoms. The average Bonchev–Trinajstić information content (AvgIpc) is 3.61. The van der Waals surface area contributed by atoms with Crippen LogP contribution in [0.1, 0.15) is 51.9 Å². The Labute approximate surface area is 185 Å². The lowest BCUT2D eigenvalue weighted by Crippen LogP contribution is -2.52. The molecule has 31 heavy (non-hydrogen) atoms. The lowest BCUT2D eigenvalue weighted by Gasteiger charge is -2.39. The van der Waals surface area contributed by atoms with Crippen molar-refractivity contribution in [3.8, 4) is 0 Å². The van der Waals surface area contributed by atoms with Crippen molar-refractivity contribution in [2.24, 2.45) is 16.8 Å². The minimum Gasteiger partial charge on any atom is -0.368 e. The number of rotatable bonds is 5. The van der Waals surface area contributed by atoms with Crippen LogP contribution < -0.4 is 4.90 Å². The average molecular weight is 423 g/mol. The van der Waals surface area contributed by atoms with Crippen LogP contribution in [0, 0.1) is 11.8 Å². The molecule has 4 aliphatic rings. The summed E-state index contributed by atoms with van der Waals surface area (Å²) in [5, 5.41) is 0. The molecule has 6 nitrogen and oxygen atoms in total. The zero-order valence-electron chi connectivity index (χ0n) is 18.6. The van der Waals surface area contributed by atoms with Gasteiger partial charge in [0.15, 0.2) is 0 Å². The molecular formula is C25H34N4O2. The maximum absolute atomic E-state index is 13.3. The number of carbonyl (C=O) groups excluding carboxylic acids is 2. The van der Waals surface area contributed by atoms with Gasteiger partial charge in [-0.15, -0.1) is 0 Å². The highest BCUT2D eigenvalue weighted by atomic mass is 16.2. The Morgan fingerprint density at radius 2 is 1.71 bits per heavy atom. The Morgan fingerprint density at radius 3 is 2.32 bits per heavy atom. The van der Waals surface area contributed by atoms with Crippen LogP contribution in [0.15, 0.2) is 35.3 Å². The molecule has 166 valence electrons. The summed E-state index contributed by atoms with van der Waals surface area (Å²) in [5.74, 6) is 2.17. The fourth-order valence-electron chi connectivity index (χ4n) is 5.49. The van der Waals surface area contributed by atoms with Crippen LogP contribution in [0.5, 0.6) is 0 Å². The van der Waals surface area contributed by atoms with Gasteiger partial charge in [-0.25, -0.2) is 0 Å². The number of aliphatic imine (C=N–C) groups is 1. The van der Waals surface area contributed by atoms with Gasteiger partial charge in [-0.1, -0.05) is 25.1 Å². The van der Waals surface area contributed by atoms with Crippen molar-refractivity contribution in [2.75, 3.05) is 37.6 Å². The predicted octanol–water partition coefficient (Wildman–Crippen LogP) is 3.32. The lowest BCUT2D eigenvalue weighted by atomic mass is 9.76. The van der Waals surface area contributed by atoms with Crippen molar-refractivity contribution in [2.45, 2.75) is 57.4 Å². The first-order valence-corrected chi connectivity index (χ1v) is 12.1.